The minimum Gasteiger partial charge on any atom is -0.497 e. The first kappa shape index (κ1) is 56.9. The number of esters is 1. The van der Waals surface area contributed by atoms with E-state index in [4.69, 9.17) is 18.9 Å². The molecule has 1 aliphatic rings. The molecule has 18 nitrogen and oxygen atoms in total. The average molecular weight is 1030 g/mol. The summed E-state index contributed by atoms with van der Waals surface area (Å²) in [6.07, 6.45) is 4.10. The van der Waals surface area contributed by atoms with Crippen LogP contribution in [-0.2, 0) is 35.2 Å². The van der Waals surface area contributed by atoms with Gasteiger partial charge in [0.05, 0.1) is 37.5 Å². The number of hydrogen-bond donors (Lipinski definition) is 5. The minimum absolute atomic E-state index is 0.00518. The molecule has 0 radical (unpaired) electrons. The molecule has 1 aliphatic heterocycles. The first-order valence-electron chi connectivity index (χ1n) is 25.6. The number of benzene rings is 3. The van der Waals surface area contributed by atoms with Crippen LogP contribution in [-0.4, -0.2) is 124 Å². The molecule has 5 aromatic rings. The van der Waals surface area contributed by atoms with Gasteiger partial charge in [-0.15, -0.1) is 0 Å². The maximum atomic E-state index is 14.2. The van der Waals surface area contributed by atoms with Gasteiger partial charge in [-0.2, -0.15) is 5.10 Å². The van der Waals surface area contributed by atoms with Gasteiger partial charge in [0.25, 0.3) is 11.8 Å². The van der Waals surface area contributed by atoms with Crippen molar-refractivity contribution in [3.8, 4) is 22.6 Å². The molecule has 0 aliphatic carbocycles. The normalized spacial score (nSPS) is 14.6. The Balaban J connectivity index is 1.04. The number of anilines is 2. The van der Waals surface area contributed by atoms with E-state index in [0.29, 0.717) is 57.3 Å². The topological polar surface area (TPSA) is 226 Å². The molecule has 3 heterocycles. The molecular formula is C57H72N8O10. The second-order valence-corrected chi connectivity index (χ2v) is 19.0. The number of hydrogen-bond acceptors (Lipinski definition) is 12. The summed E-state index contributed by atoms with van der Waals surface area (Å²) in [4.78, 5) is 88.6. The summed E-state index contributed by atoms with van der Waals surface area (Å²) in [6.45, 7) is 19.6. The Morgan fingerprint density at radius 3 is 2.27 bits per heavy atom. The number of urea groups is 1. The number of aromatic amines is 2. The molecule has 18 heteroatoms. The Bertz CT molecular complexity index is 2850. The summed E-state index contributed by atoms with van der Waals surface area (Å²) in [5.41, 5.74) is 4.32. The average Bonchev–Trinajstić information content (AvgIpc) is 4.13. The van der Waals surface area contributed by atoms with Crippen molar-refractivity contribution in [2.45, 2.75) is 112 Å². The van der Waals surface area contributed by atoms with E-state index in [1.807, 2.05) is 69.3 Å². The Morgan fingerprint density at radius 1 is 0.867 bits per heavy atom. The van der Waals surface area contributed by atoms with Crippen molar-refractivity contribution in [2.24, 2.45) is 0 Å². The van der Waals surface area contributed by atoms with Crippen molar-refractivity contribution < 1.29 is 47.7 Å². The van der Waals surface area contributed by atoms with Crippen LogP contribution in [0.5, 0.6) is 11.5 Å². The molecule has 75 heavy (non-hydrogen) atoms. The van der Waals surface area contributed by atoms with Crippen LogP contribution >= 0.6 is 0 Å². The molecular weight excluding hydrogens is 957 g/mol. The second kappa shape index (κ2) is 25.7. The minimum atomic E-state index is -1.42. The lowest BCUT2D eigenvalue weighted by molar-refractivity contribution is -0.170. The number of carbonyl (C=O) groups excluding carboxylic acids is 6. The lowest BCUT2D eigenvalue weighted by Crippen LogP contribution is -2.50. The summed E-state index contributed by atoms with van der Waals surface area (Å²) in [5, 5.41) is 15.6. The number of nitrogens with zero attached hydrogens (tertiary/aromatic N) is 3. The number of H-pyrrole nitrogens is 2. The van der Waals surface area contributed by atoms with Gasteiger partial charge in [0, 0.05) is 72.7 Å². The fourth-order valence-corrected chi connectivity index (χ4v) is 8.94. The van der Waals surface area contributed by atoms with Crippen molar-refractivity contribution in [3.63, 3.8) is 0 Å². The van der Waals surface area contributed by atoms with Gasteiger partial charge in [0.2, 0.25) is 0 Å². The first-order valence-corrected chi connectivity index (χ1v) is 25.6. The Kier molecular flexibility index (Phi) is 19.5. The van der Waals surface area contributed by atoms with Gasteiger partial charge in [0.1, 0.15) is 28.8 Å². The molecule has 6 rings (SSSR count). The highest BCUT2D eigenvalue weighted by atomic mass is 16.5. The van der Waals surface area contributed by atoms with E-state index in [1.54, 1.807) is 76.4 Å². The third-order valence-electron chi connectivity index (χ3n) is 14.0. The van der Waals surface area contributed by atoms with E-state index in [9.17, 15) is 28.8 Å². The van der Waals surface area contributed by atoms with Gasteiger partial charge < -0.3 is 49.7 Å². The van der Waals surface area contributed by atoms with E-state index < -0.39 is 29.1 Å². The van der Waals surface area contributed by atoms with E-state index >= 15 is 0 Å². The molecule has 2 aromatic heterocycles. The number of fused-ring (bicyclic) bond motifs is 1. The summed E-state index contributed by atoms with van der Waals surface area (Å²) < 4.78 is 23.7. The maximum absolute atomic E-state index is 14.2. The zero-order valence-electron chi connectivity index (χ0n) is 44.9. The number of nitrogens with one attached hydrogen (secondary N) is 5. The Labute approximate surface area is 439 Å². The van der Waals surface area contributed by atoms with Gasteiger partial charge in [-0.25, -0.2) is 4.79 Å². The largest absolute Gasteiger partial charge is 0.497 e. The number of aromatic nitrogens is 3. The van der Waals surface area contributed by atoms with E-state index in [0.717, 1.165) is 36.3 Å². The monoisotopic (exact) mass is 1030 g/mol. The van der Waals surface area contributed by atoms with Gasteiger partial charge in [-0.3, -0.25) is 29.1 Å². The van der Waals surface area contributed by atoms with Gasteiger partial charge in [-0.05, 0) is 126 Å². The number of amides is 4. The lowest BCUT2D eigenvalue weighted by atomic mass is 9.91. The fourth-order valence-electron chi connectivity index (χ4n) is 8.94. The molecule has 0 saturated heterocycles. The SMILES string of the molecule is CCN(CC)CCNC(=O)c1c(C)[nH]c(/C=C2\C(=O)Nc3ccc(OC(=O)CCC(=O)C(C)(CC)OC(C)C(=O)C(C)(CC)OCCN(Cc4cccc(OC)c4)C(=O)Nc4ccc(-c5cn[nH]c5)cc4)cc32)c1C. The quantitative estimate of drug-likeness (QED) is 0.0189. The first-order chi connectivity index (χ1) is 35.8. The highest BCUT2D eigenvalue weighted by Gasteiger charge is 2.42. The fraction of sp³-hybridized carbons (Fsp3) is 0.421. The van der Waals surface area contributed by atoms with Crippen LogP contribution in [0.2, 0.25) is 0 Å². The summed E-state index contributed by atoms with van der Waals surface area (Å²) >= 11 is 0. The van der Waals surface area contributed by atoms with Gasteiger partial charge >= 0.3 is 12.0 Å². The third-order valence-corrected chi connectivity index (χ3v) is 14.0. The number of aryl methyl sites for hydroxylation is 1. The number of carbonyl (C=O) groups is 6. The van der Waals surface area contributed by atoms with Crippen LogP contribution in [0.25, 0.3) is 22.8 Å². The number of methoxy groups -OCH3 is 1. The Morgan fingerprint density at radius 2 is 1.60 bits per heavy atom. The van der Waals surface area contributed by atoms with E-state index in [1.165, 1.54) is 0 Å². The summed E-state index contributed by atoms with van der Waals surface area (Å²) in [7, 11) is 1.57. The predicted molar refractivity (Wildman–Crippen MR) is 289 cm³/mol. The lowest BCUT2D eigenvalue weighted by Gasteiger charge is -2.35. The molecule has 0 spiro atoms. The molecule has 3 unspecified atom stereocenters. The number of rotatable bonds is 27. The van der Waals surface area contributed by atoms with E-state index in [2.05, 4.69) is 49.9 Å². The number of likely N-dealkylation sites (N-methyl/N-ethyl adjacent to an activating group) is 1. The van der Waals surface area contributed by atoms with Crippen molar-refractivity contribution in [1.29, 1.82) is 0 Å². The standard InChI is InChI=1S/C57H72N8O10/c1-11-56(8,49(66)24-25-50(67)74-44-22-23-47-45(31-44)46(53(69)63-47)32-48-36(5)51(37(6)61-48)54(70)58-26-27-64(13-3)14-4)75-38(7)52(68)57(9,12-2)73-29-28-65(35-39-16-15-17-43(30-39)72-10)55(71)62-42-20-18-40(19-21-42)41-33-59-60-34-41/h15-23,30-34,38,61H,11-14,24-29,35H2,1-10H3,(H,58,70)(H,59,60)(H,62,71)(H,63,69)/b46-32-. The summed E-state index contributed by atoms with van der Waals surface area (Å²) in [6, 6.07) is 19.2. The zero-order valence-corrected chi connectivity index (χ0v) is 44.9. The summed E-state index contributed by atoms with van der Waals surface area (Å²) in [5.74, 6) is -1.19. The number of ketones is 2. The molecule has 3 aromatic carbocycles. The van der Waals surface area contributed by atoms with Crippen molar-refractivity contribution in [2.75, 3.05) is 57.1 Å². The van der Waals surface area contributed by atoms with Crippen LogP contribution in [0.1, 0.15) is 113 Å². The third kappa shape index (κ3) is 14.3. The van der Waals surface area contributed by atoms with Crippen LogP contribution in [0, 0.1) is 13.8 Å². The van der Waals surface area contributed by atoms with Crippen molar-refractivity contribution in [1.82, 2.24) is 30.3 Å². The number of ether oxygens (including phenoxy) is 4. The van der Waals surface area contributed by atoms with Gasteiger partial charge in [0.15, 0.2) is 11.6 Å². The molecule has 0 saturated carbocycles. The molecule has 3 atom stereocenters. The smallest absolute Gasteiger partial charge is 0.322 e. The molecule has 0 fully saturated rings. The maximum Gasteiger partial charge on any atom is 0.322 e. The van der Waals surface area contributed by atoms with Crippen LogP contribution in [0.15, 0.2) is 79.1 Å². The van der Waals surface area contributed by atoms with Crippen molar-refractivity contribution >= 4 is 58.4 Å². The highest BCUT2D eigenvalue weighted by Crippen LogP contribution is 2.37. The van der Waals surface area contributed by atoms with Crippen molar-refractivity contribution in [3.05, 3.63) is 113 Å². The second-order valence-electron chi connectivity index (χ2n) is 19.0. The van der Waals surface area contributed by atoms with Crippen LogP contribution in [0.4, 0.5) is 16.2 Å². The highest BCUT2D eigenvalue weighted by molar-refractivity contribution is 6.35. The number of Topliss-reactive ketones (excluding diaryl/α,β-unsaturated/α-hetero) is 2. The molecule has 4 amide bonds. The predicted octanol–water partition coefficient (Wildman–Crippen LogP) is 8.91. The van der Waals surface area contributed by atoms with E-state index in [-0.39, 0.29) is 74.8 Å². The molecule has 400 valence electrons. The van der Waals surface area contributed by atoms with Crippen LogP contribution < -0.4 is 25.4 Å². The molecule has 5 N–H and O–H groups in total. The molecule has 0 bridgehead atoms. The Hall–Kier alpha value is -7.41. The van der Waals surface area contributed by atoms with Gasteiger partial charge in [-0.1, -0.05) is 52.0 Å². The zero-order chi connectivity index (χ0) is 54.5. The van der Waals surface area contributed by atoms with Crippen LogP contribution in [0.3, 0.4) is 0 Å².